The minimum atomic E-state index is -3.81. The molecule has 0 aliphatic carbocycles. The first-order chi connectivity index (χ1) is 33.4. The Balaban J connectivity index is 0.795. The van der Waals surface area contributed by atoms with Gasteiger partial charge in [0.2, 0.25) is 22.9 Å². The van der Waals surface area contributed by atoms with Crippen LogP contribution in [-0.4, -0.2) is 138 Å². The number of aliphatic hydroxyl groups is 1. The number of fused-ring (bicyclic) bond motifs is 1. The summed E-state index contributed by atoms with van der Waals surface area (Å²) in [6.07, 6.45) is 2.28. The van der Waals surface area contributed by atoms with E-state index >= 15 is 0 Å². The van der Waals surface area contributed by atoms with Crippen LogP contribution in [0.4, 0.5) is 27.5 Å². The largest absolute Gasteiger partial charge is 0.479 e. The molecule has 3 amide bonds. The second kappa shape index (κ2) is 19.7. The Morgan fingerprint density at radius 2 is 1.69 bits per heavy atom. The van der Waals surface area contributed by atoms with Gasteiger partial charge in [0, 0.05) is 53.9 Å². The number of sulfonamides is 1. The number of carbonyl (C=O) groups is 4. The summed E-state index contributed by atoms with van der Waals surface area (Å²) < 4.78 is 40.9. The van der Waals surface area contributed by atoms with Crippen molar-refractivity contribution in [3.05, 3.63) is 92.7 Å². The maximum absolute atomic E-state index is 14.1. The molecule has 9 rings (SSSR count). The molecule has 22 heteroatoms. The molecular weight excluding hydrogens is 966 g/mol. The number of benzene rings is 3. The van der Waals surface area contributed by atoms with Crippen molar-refractivity contribution in [1.82, 2.24) is 9.21 Å². The number of carbonyl (C=O) groups excluding carboxylic acids is 2. The number of aliphatic hydroxyl groups excluding tert-OH is 1. The fourth-order valence-electron chi connectivity index (χ4n) is 10.4. The third-order valence-electron chi connectivity index (χ3n) is 13.8. The normalized spacial score (nSPS) is 22.1. The summed E-state index contributed by atoms with van der Waals surface area (Å²) >= 11 is 7.41. The zero-order chi connectivity index (χ0) is 49.6. The van der Waals surface area contributed by atoms with Crippen molar-refractivity contribution in [2.75, 3.05) is 66.4 Å². The first kappa shape index (κ1) is 49.2. The Morgan fingerprint density at radius 1 is 0.943 bits per heavy atom. The molecular formula is C48H55ClN7O12S2+. The van der Waals surface area contributed by atoms with Crippen LogP contribution in [0.15, 0.2) is 66.7 Å². The average molecular weight is 1020 g/mol. The van der Waals surface area contributed by atoms with E-state index in [1.54, 1.807) is 56.6 Å². The monoisotopic (exact) mass is 1020 g/mol. The number of aliphatic carboxylic acids is 1. The lowest BCUT2D eigenvalue weighted by molar-refractivity contribution is -0.477. The number of piperidine rings is 3. The number of carboxylic acid groups (broad SMARTS) is 2. The second-order valence-electron chi connectivity index (χ2n) is 19.0. The SMILES string of the molecule is CC1(C)C[C@H](Nc2cccc(-c3sc(C(=O)O)c(OCC(=O)O)c3Cl)c2)CCN1S(=O)(=O)Cc1cccc(NC(=O)N2CCC(c3ccc4c(c3)N(C3COC3)C(O)N4C3CCC[N+](=O)C3=O)CC2)c1. The first-order valence-corrected chi connectivity index (χ1v) is 26.1. The Labute approximate surface area is 413 Å². The van der Waals surface area contributed by atoms with Gasteiger partial charge in [-0.25, -0.2) is 27.6 Å². The van der Waals surface area contributed by atoms with Crippen molar-refractivity contribution in [2.24, 2.45) is 0 Å². The Kier molecular flexibility index (Phi) is 13.9. The average Bonchev–Trinajstić information content (AvgIpc) is 3.77. The lowest BCUT2D eigenvalue weighted by Gasteiger charge is -2.45. The number of rotatable bonds is 14. The van der Waals surface area contributed by atoms with Gasteiger partial charge in [0.25, 0.3) is 0 Å². The van der Waals surface area contributed by atoms with E-state index in [4.69, 9.17) is 26.2 Å². The highest BCUT2D eigenvalue weighted by Crippen LogP contribution is 2.48. The van der Waals surface area contributed by atoms with Crippen LogP contribution in [0.5, 0.6) is 5.75 Å². The number of likely N-dealkylation sites (tertiary alicyclic amines) is 1. The Bertz CT molecular complexity index is 2830. The molecule has 19 nitrogen and oxygen atoms in total. The van der Waals surface area contributed by atoms with Gasteiger partial charge in [-0.15, -0.1) is 11.3 Å². The molecule has 0 bridgehead atoms. The predicted molar refractivity (Wildman–Crippen MR) is 262 cm³/mol. The molecule has 3 atom stereocenters. The molecule has 70 heavy (non-hydrogen) atoms. The molecule has 0 spiro atoms. The smallest absolute Gasteiger partial charge is 0.455 e. The summed E-state index contributed by atoms with van der Waals surface area (Å²) in [5, 5.41) is 36.8. The number of anilines is 4. The highest BCUT2D eigenvalue weighted by Gasteiger charge is 2.51. The van der Waals surface area contributed by atoms with Crippen molar-refractivity contribution in [3.63, 3.8) is 0 Å². The lowest BCUT2D eigenvalue weighted by Crippen LogP contribution is -2.60. The Hall–Kier alpha value is -5.84. The molecule has 3 aromatic carbocycles. The van der Waals surface area contributed by atoms with Crippen molar-refractivity contribution in [3.8, 4) is 16.2 Å². The lowest BCUT2D eigenvalue weighted by atomic mass is 9.89. The number of urea groups is 1. The molecule has 4 aromatic rings. The number of carboxylic acids is 2. The fraction of sp³-hybridized carbons (Fsp3) is 0.458. The Morgan fingerprint density at radius 3 is 2.39 bits per heavy atom. The van der Waals surface area contributed by atoms with Crippen LogP contribution >= 0.6 is 22.9 Å². The number of ether oxygens (including phenoxy) is 2. The van der Waals surface area contributed by atoms with Crippen LogP contribution in [0.2, 0.25) is 5.02 Å². The van der Waals surface area contributed by atoms with Crippen molar-refractivity contribution >= 4 is 79.6 Å². The maximum atomic E-state index is 14.1. The maximum Gasteiger partial charge on any atom is 0.455 e. The molecule has 2 unspecified atom stereocenters. The van der Waals surface area contributed by atoms with Crippen molar-refractivity contribution in [1.29, 1.82) is 0 Å². The number of nitrogens with one attached hydrogen (secondary N) is 2. The third kappa shape index (κ3) is 9.91. The zero-order valence-corrected chi connectivity index (χ0v) is 41.0. The zero-order valence-electron chi connectivity index (χ0n) is 38.6. The summed E-state index contributed by atoms with van der Waals surface area (Å²) in [6.45, 7) is 5.28. The number of hydrogen-bond acceptors (Lipinski definition) is 14. The molecule has 6 heterocycles. The van der Waals surface area contributed by atoms with E-state index in [-0.39, 0.29) is 58.5 Å². The van der Waals surface area contributed by atoms with Gasteiger partial charge in [0.1, 0.15) is 5.02 Å². The van der Waals surface area contributed by atoms with Gasteiger partial charge in [-0.2, -0.15) is 4.31 Å². The minimum absolute atomic E-state index is 0.00208. The summed E-state index contributed by atoms with van der Waals surface area (Å²) in [6, 6.07) is 18.8. The first-order valence-electron chi connectivity index (χ1n) is 23.3. The number of nitrogens with zero attached hydrogens (tertiary/aromatic N) is 5. The molecule has 4 saturated heterocycles. The third-order valence-corrected chi connectivity index (χ3v) is 17.6. The summed E-state index contributed by atoms with van der Waals surface area (Å²) in [5.41, 5.74) is 4.11. The highest BCUT2D eigenvalue weighted by atomic mass is 35.5. The fourth-order valence-corrected chi connectivity index (χ4v) is 13.8. The summed E-state index contributed by atoms with van der Waals surface area (Å²) in [4.78, 5) is 67.4. The number of amides is 3. The van der Waals surface area contributed by atoms with E-state index in [0.717, 1.165) is 22.6 Å². The number of nitroso groups, excluding NO2 is 1. The van der Waals surface area contributed by atoms with Gasteiger partial charge in [-0.3, -0.25) is 0 Å². The minimum Gasteiger partial charge on any atom is -0.479 e. The van der Waals surface area contributed by atoms with E-state index in [9.17, 15) is 42.7 Å². The van der Waals surface area contributed by atoms with E-state index in [1.807, 2.05) is 36.9 Å². The predicted octanol–water partition coefficient (Wildman–Crippen LogP) is 6.60. The van der Waals surface area contributed by atoms with Gasteiger partial charge < -0.3 is 50.1 Å². The molecule has 372 valence electrons. The van der Waals surface area contributed by atoms with Crippen molar-refractivity contribution in [2.45, 2.75) is 94.1 Å². The summed E-state index contributed by atoms with van der Waals surface area (Å²) in [7, 11) is -3.81. The van der Waals surface area contributed by atoms with Gasteiger partial charge in [-0.1, -0.05) is 41.9 Å². The second-order valence-corrected chi connectivity index (χ2v) is 22.3. The number of aromatic carboxylic acids is 1. The van der Waals surface area contributed by atoms with E-state index in [1.165, 1.54) is 0 Å². The van der Waals surface area contributed by atoms with Crippen molar-refractivity contribution < 1.29 is 57.1 Å². The number of hydrogen-bond donors (Lipinski definition) is 5. The summed E-state index contributed by atoms with van der Waals surface area (Å²) in [5.74, 6) is -3.45. The molecule has 4 fully saturated rings. The van der Waals surface area contributed by atoms with Gasteiger partial charge in [0.15, 0.2) is 23.3 Å². The topological polar surface area (TPSA) is 239 Å². The van der Waals surface area contributed by atoms with Crippen LogP contribution in [0, 0.1) is 4.91 Å². The van der Waals surface area contributed by atoms with Crippen LogP contribution < -0.4 is 25.2 Å². The molecule has 1 aromatic heterocycles. The highest BCUT2D eigenvalue weighted by molar-refractivity contribution is 7.88. The van der Waals surface area contributed by atoms with Gasteiger partial charge in [-0.05, 0) is 105 Å². The van der Waals surface area contributed by atoms with E-state index in [2.05, 4.69) is 16.7 Å². The van der Waals surface area contributed by atoms with Crippen LogP contribution in [0.25, 0.3) is 10.4 Å². The van der Waals surface area contributed by atoms with Gasteiger partial charge in [0.05, 0.1) is 46.0 Å². The van der Waals surface area contributed by atoms with E-state index in [0.29, 0.717) is 103 Å². The van der Waals surface area contributed by atoms with Gasteiger partial charge >= 0.3 is 23.9 Å². The van der Waals surface area contributed by atoms with Crippen LogP contribution in [0.1, 0.15) is 79.1 Å². The molecule has 0 saturated carbocycles. The molecule has 0 radical (unpaired) electrons. The van der Waals surface area contributed by atoms with Crippen LogP contribution in [-0.2, 0) is 30.1 Å². The molecule has 5 N–H and O–H groups in total. The molecule has 5 aliphatic heterocycles. The number of halogens is 1. The van der Waals surface area contributed by atoms with E-state index < -0.39 is 52.4 Å². The standard InChI is InChI=1S/C48H54ClN7O12S2/c1-48(2)23-34(50-33-9-4-7-31(21-33)42-40(49)41(68-26-39(57)58)43(69-42)45(60)61)15-19-54(48)70(65,66)27-28-6-3-8-32(20-28)51-46(62)52-17-13-29(14-18-52)30-11-12-36-38(22-30)55(35-24-67-25-35)47(63)56(36)37-10-5-16-53(64)44(37)59/h3-4,6-9,11-12,20-22,29,34-35,37,47,50,63H,5,10,13-19,23-27H2,1-2H3,(H2-,51,57,58,60,61,62)/p+1/t34-,37?,47?/m1/s1. The van der Waals surface area contributed by atoms with Crippen LogP contribution in [0.3, 0.4) is 0 Å². The quantitative estimate of drug-likeness (QED) is 0.0837. The number of thiophene rings is 1. The molecule has 5 aliphatic rings.